The Hall–Kier alpha value is -1.34. The summed E-state index contributed by atoms with van der Waals surface area (Å²) in [5.74, 6) is -0.0599. The number of hydrogen-bond donors (Lipinski definition) is 1. The SMILES string of the molecule is Cc1nn(CCCNC(=O)Cn2cc(Br)cn2)cc1Cl. The Morgan fingerprint density at radius 2 is 2.25 bits per heavy atom. The number of aryl methyl sites for hydroxylation is 2. The average molecular weight is 361 g/mol. The molecule has 0 bridgehead atoms. The molecule has 1 amide bonds. The van der Waals surface area contributed by atoms with Crippen molar-refractivity contribution in [3.8, 4) is 0 Å². The van der Waals surface area contributed by atoms with Gasteiger partial charge < -0.3 is 5.32 Å². The molecule has 0 fully saturated rings. The standard InChI is InChI=1S/C12H15BrClN5O/c1-9-11(14)7-18(17-9)4-2-3-15-12(20)8-19-6-10(13)5-16-19/h5-7H,2-4,8H2,1H3,(H,15,20). The van der Waals surface area contributed by atoms with Gasteiger partial charge in [0.25, 0.3) is 0 Å². The lowest BCUT2D eigenvalue weighted by Gasteiger charge is -2.05. The minimum Gasteiger partial charge on any atom is -0.354 e. The minimum absolute atomic E-state index is 0.0599. The summed E-state index contributed by atoms with van der Waals surface area (Å²) >= 11 is 9.20. The number of nitrogens with one attached hydrogen (secondary N) is 1. The van der Waals surface area contributed by atoms with Crippen LogP contribution in [0.4, 0.5) is 0 Å². The molecule has 2 aromatic rings. The molecule has 0 saturated heterocycles. The Kier molecular flexibility index (Phi) is 5.19. The molecule has 0 aliphatic rings. The number of carbonyl (C=O) groups excluding carboxylic acids is 1. The summed E-state index contributed by atoms with van der Waals surface area (Å²) < 4.78 is 4.22. The van der Waals surface area contributed by atoms with Gasteiger partial charge in [-0.3, -0.25) is 14.2 Å². The first-order valence-corrected chi connectivity index (χ1v) is 7.36. The highest BCUT2D eigenvalue weighted by Crippen LogP contribution is 2.11. The second kappa shape index (κ2) is 6.90. The highest BCUT2D eigenvalue weighted by molar-refractivity contribution is 9.10. The predicted octanol–water partition coefficient (Wildman–Crippen LogP) is 2.01. The predicted molar refractivity (Wildman–Crippen MR) is 79.5 cm³/mol. The Morgan fingerprint density at radius 1 is 1.45 bits per heavy atom. The Bertz CT molecular complexity index is 575. The molecular weight excluding hydrogens is 346 g/mol. The van der Waals surface area contributed by atoms with E-state index in [1.165, 1.54) is 0 Å². The maximum absolute atomic E-state index is 11.7. The molecular formula is C12H15BrClN5O. The quantitative estimate of drug-likeness (QED) is 0.802. The Labute approximate surface area is 130 Å². The first-order chi connectivity index (χ1) is 9.54. The summed E-state index contributed by atoms with van der Waals surface area (Å²) in [7, 11) is 0. The van der Waals surface area contributed by atoms with Crippen molar-refractivity contribution in [2.45, 2.75) is 26.4 Å². The number of hydrogen-bond acceptors (Lipinski definition) is 3. The monoisotopic (exact) mass is 359 g/mol. The minimum atomic E-state index is -0.0599. The molecule has 0 aliphatic heterocycles. The highest BCUT2D eigenvalue weighted by atomic mass is 79.9. The molecule has 0 radical (unpaired) electrons. The van der Waals surface area contributed by atoms with Gasteiger partial charge in [0, 0.05) is 25.5 Å². The molecule has 108 valence electrons. The van der Waals surface area contributed by atoms with Gasteiger partial charge in [-0.15, -0.1) is 0 Å². The zero-order chi connectivity index (χ0) is 14.5. The van der Waals surface area contributed by atoms with E-state index in [2.05, 4.69) is 31.4 Å². The highest BCUT2D eigenvalue weighted by Gasteiger charge is 2.04. The number of carbonyl (C=O) groups is 1. The second-order valence-electron chi connectivity index (χ2n) is 4.39. The van der Waals surface area contributed by atoms with Crippen LogP contribution in [0.5, 0.6) is 0 Å². The van der Waals surface area contributed by atoms with Crippen molar-refractivity contribution >= 4 is 33.4 Å². The van der Waals surface area contributed by atoms with E-state index in [1.54, 1.807) is 28.0 Å². The topological polar surface area (TPSA) is 64.7 Å². The summed E-state index contributed by atoms with van der Waals surface area (Å²) in [5.41, 5.74) is 0.819. The van der Waals surface area contributed by atoms with Crippen molar-refractivity contribution in [2.75, 3.05) is 6.54 Å². The van der Waals surface area contributed by atoms with Gasteiger partial charge in [0.2, 0.25) is 5.91 Å². The summed E-state index contributed by atoms with van der Waals surface area (Å²) in [4.78, 5) is 11.7. The normalized spacial score (nSPS) is 10.8. The number of halogens is 2. The van der Waals surface area contributed by atoms with Crippen LogP contribution < -0.4 is 5.32 Å². The third-order valence-electron chi connectivity index (χ3n) is 2.68. The van der Waals surface area contributed by atoms with Gasteiger partial charge in [0.05, 0.1) is 21.4 Å². The van der Waals surface area contributed by atoms with E-state index in [9.17, 15) is 4.79 Å². The lowest BCUT2D eigenvalue weighted by Crippen LogP contribution is -2.29. The van der Waals surface area contributed by atoms with Crippen molar-refractivity contribution in [2.24, 2.45) is 0 Å². The number of amides is 1. The molecule has 1 N–H and O–H groups in total. The molecule has 2 rings (SSSR count). The first-order valence-electron chi connectivity index (χ1n) is 6.19. The van der Waals surface area contributed by atoms with E-state index in [4.69, 9.17) is 11.6 Å². The van der Waals surface area contributed by atoms with Crippen molar-refractivity contribution < 1.29 is 4.79 Å². The van der Waals surface area contributed by atoms with Crippen molar-refractivity contribution in [1.29, 1.82) is 0 Å². The van der Waals surface area contributed by atoms with Gasteiger partial charge in [0.1, 0.15) is 6.54 Å². The van der Waals surface area contributed by atoms with Crippen LogP contribution in [0.3, 0.4) is 0 Å². The van der Waals surface area contributed by atoms with Crippen LogP contribution in [0.2, 0.25) is 5.02 Å². The molecule has 0 spiro atoms. The summed E-state index contributed by atoms with van der Waals surface area (Å²) in [6.07, 6.45) is 6.00. The van der Waals surface area contributed by atoms with E-state index in [0.29, 0.717) is 11.6 Å². The molecule has 2 aromatic heterocycles. The molecule has 0 atom stereocenters. The maximum atomic E-state index is 11.7. The van der Waals surface area contributed by atoms with Crippen molar-refractivity contribution in [1.82, 2.24) is 24.9 Å². The fourth-order valence-corrected chi connectivity index (χ4v) is 2.18. The lowest BCUT2D eigenvalue weighted by atomic mass is 10.4. The maximum Gasteiger partial charge on any atom is 0.241 e. The number of aromatic nitrogens is 4. The van der Waals surface area contributed by atoms with Gasteiger partial charge in [-0.25, -0.2) is 0 Å². The third-order valence-corrected chi connectivity index (χ3v) is 3.46. The van der Waals surface area contributed by atoms with Gasteiger partial charge >= 0.3 is 0 Å². The average Bonchev–Trinajstić information content (AvgIpc) is 2.92. The molecule has 0 aromatic carbocycles. The van der Waals surface area contributed by atoms with Crippen LogP contribution in [-0.2, 0) is 17.9 Å². The largest absolute Gasteiger partial charge is 0.354 e. The smallest absolute Gasteiger partial charge is 0.241 e. The number of rotatable bonds is 6. The van der Waals surface area contributed by atoms with Gasteiger partial charge in [-0.05, 0) is 29.3 Å². The van der Waals surface area contributed by atoms with Crippen molar-refractivity contribution in [3.05, 3.63) is 33.8 Å². The van der Waals surface area contributed by atoms with E-state index in [-0.39, 0.29) is 12.5 Å². The lowest BCUT2D eigenvalue weighted by molar-refractivity contribution is -0.121. The Morgan fingerprint density at radius 3 is 2.85 bits per heavy atom. The fourth-order valence-electron chi connectivity index (χ4n) is 1.70. The first kappa shape index (κ1) is 15.1. The summed E-state index contributed by atoms with van der Waals surface area (Å²) in [6.45, 7) is 3.40. The zero-order valence-electron chi connectivity index (χ0n) is 11.0. The Balaban J connectivity index is 1.66. The van der Waals surface area contributed by atoms with Gasteiger partial charge in [-0.2, -0.15) is 10.2 Å². The second-order valence-corrected chi connectivity index (χ2v) is 5.71. The van der Waals surface area contributed by atoms with Gasteiger partial charge in [0.15, 0.2) is 0 Å². The van der Waals surface area contributed by atoms with E-state index in [0.717, 1.165) is 23.1 Å². The molecule has 0 unspecified atom stereocenters. The van der Waals surface area contributed by atoms with E-state index in [1.807, 2.05) is 6.92 Å². The van der Waals surface area contributed by atoms with Crippen molar-refractivity contribution in [3.63, 3.8) is 0 Å². The van der Waals surface area contributed by atoms with E-state index < -0.39 is 0 Å². The third kappa shape index (κ3) is 4.35. The fraction of sp³-hybridized carbons (Fsp3) is 0.417. The number of nitrogens with zero attached hydrogens (tertiary/aromatic N) is 4. The van der Waals surface area contributed by atoms with Gasteiger partial charge in [-0.1, -0.05) is 11.6 Å². The van der Waals surface area contributed by atoms with Crippen LogP contribution in [-0.4, -0.2) is 32.0 Å². The molecule has 8 heteroatoms. The van der Waals surface area contributed by atoms with Crippen LogP contribution >= 0.6 is 27.5 Å². The summed E-state index contributed by atoms with van der Waals surface area (Å²) in [6, 6.07) is 0. The molecule has 20 heavy (non-hydrogen) atoms. The molecule has 2 heterocycles. The molecule has 6 nitrogen and oxygen atoms in total. The molecule has 0 saturated carbocycles. The van der Waals surface area contributed by atoms with Crippen LogP contribution in [0.15, 0.2) is 23.1 Å². The zero-order valence-corrected chi connectivity index (χ0v) is 13.4. The van der Waals surface area contributed by atoms with E-state index >= 15 is 0 Å². The summed E-state index contributed by atoms with van der Waals surface area (Å²) in [5, 5.41) is 11.8. The van der Waals surface area contributed by atoms with Crippen LogP contribution in [0.1, 0.15) is 12.1 Å². The molecule has 0 aliphatic carbocycles. The van der Waals surface area contributed by atoms with Crippen LogP contribution in [0.25, 0.3) is 0 Å². The van der Waals surface area contributed by atoms with Crippen LogP contribution in [0, 0.1) is 6.92 Å².